The standard InChI is InChI=1S/C26H25N5O2S/c1-16-9-14-22(15-17(16)2)31-24(20-7-5-4-6-8-20)29-30-26(31)34-18(3)25(33)28-21-12-10-19(11-13-21)23(27)32/h4-15,18H,1-3H3,(H2,27,32)(H,28,33). The van der Waals surface area contributed by atoms with Crippen molar-refractivity contribution in [2.75, 3.05) is 5.32 Å². The van der Waals surface area contributed by atoms with Crippen LogP contribution in [0.5, 0.6) is 0 Å². The highest BCUT2D eigenvalue weighted by Gasteiger charge is 2.22. The second kappa shape index (κ2) is 9.93. The summed E-state index contributed by atoms with van der Waals surface area (Å²) in [5.74, 6) is 0.00965. The number of amides is 2. The summed E-state index contributed by atoms with van der Waals surface area (Å²) in [6, 6.07) is 22.5. The summed E-state index contributed by atoms with van der Waals surface area (Å²) >= 11 is 1.33. The van der Waals surface area contributed by atoms with Crippen LogP contribution in [0, 0.1) is 13.8 Å². The number of rotatable bonds is 7. The van der Waals surface area contributed by atoms with Crippen molar-refractivity contribution in [3.63, 3.8) is 0 Å². The molecule has 4 rings (SSSR count). The van der Waals surface area contributed by atoms with E-state index in [1.807, 2.05) is 47.9 Å². The van der Waals surface area contributed by atoms with Crippen molar-refractivity contribution in [3.05, 3.63) is 89.5 Å². The van der Waals surface area contributed by atoms with Crippen LogP contribution in [0.1, 0.15) is 28.4 Å². The number of nitrogens with zero attached hydrogens (tertiary/aromatic N) is 3. The zero-order chi connectivity index (χ0) is 24.2. The van der Waals surface area contributed by atoms with Crippen LogP contribution in [-0.4, -0.2) is 31.8 Å². The van der Waals surface area contributed by atoms with E-state index in [1.165, 1.54) is 17.3 Å². The Hall–Kier alpha value is -3.91. The van der Waals surface area contributed by atoms with Crippen LogP contribution in [0.3, 0.4) is 0 Å². The molecule has 1 unspecified atom stereocenters. The molecular formula is C26H25N5O2S. The Balaban J connectivity index is 1.62. The van der Waals surface area contributed by atoms with E-state index in [2.05, 4.69) is 41.5 Å². The molecule has 0 spiro atoms. The second-order valence-electron chi connectivity index (χ2n) is 7.97. The summed E-state index contributed by atoms with van der Waals surface area (Å²) in [4.78, 5) is 24.1. The van der Waals surface area contributed by atoms with Gasteiger partial charge in [-0.1, -0.05) is 48.2 Å². The highest BCUT2D eigenvalue weighted by Crippen LogP contribution is 2.31. The van der Waals surface area contributed by atoms with Gasteiger partial charge in [-0.25, -0.2) is 0 Å². The predicted octanol–water partition coefficient (Wildman–Crippen LogP) is 4.77. The van der Waals surface area contributed by atoms with Crippen LogP contribution in [0.2, 0.25) is 0 Å². The lowest BCUT2D eigenvalue weighted by Crippen LogP contribution is -2.23. The number of primary amides is 1. The third-order valence-corrected chi connectivity index (χ3v) is 6.55. The maximum Gasteiger partial charge on any atom is 0.248 e. The summed E-state index contributed by atoms with van der Waals surface area (Å²) < 4.78 is 1.98. The average molecular weight is 472 g/mol. The van der Waals surface area contributed by atoms with E-state index in [-0.39, 0.29) is 5.91 Å². The van der Waals surface area contributed by atoms with Gasteiger partial charge in [0.15, 0.2) is 11.0 Å². The maximum absolute atomic E-state index is 12.9. The van der Waals surface area contributed by atoms with Gasteiger partial charge in [0.05, 0.1) is 10.9 Å². The lowest BCUT2D eigenvalue weighted by molar-refractivity contribution is -0.115. The van der Waals surface area contributed by atoms with Gasteiger partial charge in [-0.3, -0.25) is 14.2 Å². The number of benzene rings is 3. The molecular weight excluding hydrogens is 446 g/mol. The topological polar surface area (TPSA) is 103 Å². The average Bonchev–Trinajstić information content (AvgIpc) is 3.25. The van der Waals surface area contributed by atoms with Crippen molar-refractivity contribution in [2.45, 2.75) is 31.2 Å². The predicted molar refractivity (Wildman–Crippen MR) is 135 cm³/mol. The molecule has 1 atom stereocenters. The van der Waals surface area contributed by atoms with Crippen molar-refractivity contribution in [2.24, 2.45) is 5.73 Å². The zero-order valence-corrected chi connectivity index (χ0v) is 20.0. The Kier molecular flexibility index (Phi) is 6.79. The summed E-state index contributed by atoms with van der Waals surface area (Å²) in [5, 5.41) is 11.9. The Morgan fingerprint density at radius 2 is 1.65 bits per heavy atom. The van der Waals surface area contributed by atoms with Gasteiger partial charge in [-0.15, -0.1) is 10.2 Å². The molecule has 7 nitrogen and oxygen atoms in total. The quantitative estimate of drug-likeness (QED) is 0.378. The first-order valence-electron chi connectivity index (χ1n) is 10.8. The van der Waals surface area contributed by atoms with E-state index >= 15 is 0 Å². The third-order valence-electron chi connectivity index (χ3n) is 5.50. The van der Waals surface area contributed by atoms with E-state index in [4.69, 9.17) is 5.73 Å². The summed E-state index contributed by atoms with van der Waals surface area (Å²) in [6.07, 6.45) is 0. The third kappa shape index (κ3) is 5.02. The van der Waals surface area contributed by atoms with Crippen LogP contribution in [-0.2, 0) is 4.79 Å². The minimum Gasteiger partial charge on any atom is -0.366 e. The first-order chi connectivity index (χ1) is 16.3. The van der Waals surface area contributed by atoms with Gasteiger partial charge in [0.25, 0.3) is 0 Å². The molecule has 0 saturated carbocycles. The van der Waals surface area contributed by atoms with Gasteiger partial charge < -0.3 is 11.1 Å². The molecule has 0 aliphatic carbocycles. The van der Waals surface area contributed by atoms with Crippen molar-refractivity contribution in [1.29, 1.82) is 0 Å². The summed E-state index contributed by atoms with van der Waals surface area (Å²) in [6.45, 7) is 5.96. The largest absolute Gasteiger partial charge is 0.366 e. The molecule has 3 N–H and O–H groups in total. The molecule has 34 heavy (non-hydrogen) atoms. The molecule has 0 bridgehead atoms. The van der Waals surface area contributed by atoms with E-state index in [0.717, 1.165) is 16.8 Å². The fraction of sp³-hybridized carbons (Fsp3) is 0.154. The zero-order valence-electron chi connectivity index (χ0n) is 19.1. The summed E-state index contributed by atoms with van der Waals surface area (Å²) in [7, 11) is 0. The Morgan fingerprint density at radius 1 is 0.941 bits per heavy atom. The number of hydrogen-bond acceptors (Lipinski definition) is 5. The number of thioether (sulfide) groups is 1. The van der Waals surface area contributed by atoms with Gasteiger partial charge >= 0.3 is 0 Å². The minimum absolute atomic E-state index is 0.187. The fourth-order valence-electron chi connectivity index (χ4n) is 3.39. The molecule has 4 aromatic rings. The fourth-order valence-corrected chi connectivity index (χ4v) is 4.26. The monoisotopic (exact) mass is 471 g/mol. The van der Waals surface area contributed by atoms with Crippen LogP contribution in [0.4, 0.5) is 5.69 Å². The Labute approximate surface area is 202 Å². The van der Waals surface area contributed by atoms with Crippen LogP contribution in [0.15, 0.2) is 78.0 Å². The number of anilines is 1. The Morgan fingerprint density at radius 3 is 2.29 bits per heavy atom. The number of carbonyl (C=O) groups is 2. The van der Waals surface area contributed by atoms with Crippen LogP contribution < -0.4 is 11.1 Å². The van der Waals surface area contributed by atoms with E-state index in [1.54, 1.807) is 24.3 Å². The molecule has 0 radical (unpaired) electrons. The van der Waals surface area contributed by atoms with Crippen molar-refractivity contribution in [1.82, 2.24) is 14.8 Å². The number of nitrogens with two attached hydrogens (primary N) is 1. The molecule has 0 saturated heterocycles. The van der Waals surface area contributed by atoms with Crippen LogP contribution in [0.25, 0.3) is 17.1 Å². The molecule has 0 fully saturated rings. The smallest absolute Gasteiger partial charge is 0.248 e. The number of aromatic nitrogens is 3. The number of aryl methyl sites for hydroxylation is 2. The normalized spacial score (nSPS) is 11.7. The lowest BCUT2D eigenvalue weighted by Gasteiger charge is -2.15. The van der Waals surface area contributed by atoms with Gasteiger partial charge in [0.2, 0.25) is 11.8 Å². The first-order valence-corrected chi connectivity index (χ1v) is 11.7. The van der Waals surface area contributed by atoms with E-state index in [9.17, 15) is 9.59 Å². The number of carbonyl (C=O) groups excluding carboxylic acids is 2. The molecule has 8 heteroatoms. The van der Waals surface area contributed by atoms with Crippen LogP contribution >= 0.6 is 11.8 Å². The molecule has 3 aromatic carbocycles. The molecule has 0 aliphatic rings. The molecule has 1 aromatic heterocycles. The Bertz CT molecular complexity index is 1330. The lowest BCUT2D eigenvalue weighted by atomic mass is 10.1. The van der Waals surface area contributed by atoms with Gasteiger partial charge in [-0.05, 0) is 68.3 Å². The van der Waals surface area contributed by atoms with Gasteiger partial charge in [-0.2, -0.15) is 0 Å². The van der Waals surface area contributed by atoms with Gasteiger partial charge in [0, 0.05) is 16.8 Å². The second-order valence-corrected chi connectivity index (χ2v) is 9.28. The molecule has 172 valence electrons. The highest BCUT2D eigenvalue weighted by atomic mass is 32.2. The highest BCUT2D eigenvalue weighted by molar-refractivity contribution is 8.00. The minimum atomic E-state index is -0.512. The van der Waals surface area contributed by atoms with Crippen molar-refractivity contribution < 1.29 is 9.59 Å². The molecule has 1 heterocycles. The van der Waals surface area contributed by atoms with Crippen molar-refractivity contribution in [3.8, 4) is 17.1 Å². The van der Waals surface area contributed by atoms with Crippen molar-refractivity contribution >= 4 is 29.3 Å². The molecule has 0 aliphatic heterocycles. The first kappa shape index (κ1) is 23.3. The number of nitrogens with one attached hydrogen (secondary N) is 1. The van der Waals surface area contributed by atoms with E-state index < -0.39 is 11.2 Å². The number of hydrogen-bond donors (Lipinski definition) is 2. The van der Waals surface area contributed by atoms with E-state index in [0.29, 0.717) is 22.2 Å². The van der Waals surface area contributed by atoms with Gasteiger partial charge in [0.1, 0.15) is 0 Å². The molecule has 2 amide bonds. The SMILES string of the molecule is Cc1ccc(-n2c(SC(C)C(=O)Nc3ccc(C(N)=O)cc3)nnc2-c2ccccc2)cc1C. The summed E-state index contributed by atoms with van der Waals surface area (Å²) in [5.41, 5.74) is 10.5. The maximum atomic E-state index is 12.9.